The van der Waals surface area contributed by atoms with Crippen LogP contribution in [-0.4, -0.2) is 50.4 Å². The molecule has 2 aromatic carbocycles. The van der Waals surface area contributed by atoms with E-state index in [-0.39, 0.29) is 24.7 Å². The highest BCUT2D eigenvalue weighted by atomic mass is 16.2. The molecular weight excluding hydrogens is 428 g/mol. The van der Waals surface area contributed by atoms with Gasteiger partial charge in [-0.3, -0.25) is 9.59 Å². The summed E-state index contributed by atoms with van der Waals surface area (Å²) < 4.78 is 0. The SMILES string of the molecule is CCN(CC)c1ccc(/C=N\NC(=O)CCC(=O)N/N=C\c2ccc(N(CC)CC)cc2)cc1. The number of nitrogens with one attached hydrogen (secondary N) is 2. The number of benzene rings is 2. The maximum Gasteiger partial charge on any atom is 0.240 e. The molecule has 2 rings (SSSR count). The molecule has 0 unspecified atom stereocenters. The minimum atomic E-state index is -0.331. The fraction of sp³-hybridized carbons (Fsp3) is 0.385. The molecule has 0 saturated heterocycles. The zero-order chi connectivity index (χ0) is 24.8. The summed E-state index contributed by atoms with van der Waals surface area (Å²) in [7, 11) is 0. The average molecular weight is 465 g/mol. The third-order valence-electron chi connectivity index (χ3n) is 5.43. The molecule has 2 aromatic rings. The van der Waals surface area contributed by atoms with Crippen LogP contribution in [0.25, 0.3) is 0 Å². The van der Waals surface area contributed by atoms with Gasteiger partial charge >= 0.3 is 0 Å². The molecule has 182 valence electrons. The van der Waals surface area contributed by atoms with E-state index in [0.717, 1.165) is 48.7 Å². The van der Waals surface area contributed by atoms with Gasteiger partial charge in [0.15, 0.2) is 0 Å². The summed E-state index contributed by atoms with van der Waals surface area (Å²) in [6, 6.07) is 15.9. The molecule has 0 heterocycles. The number of carbonyl (C=O) groups excluding carboxylic acids is 2. The van der Waals surface area contributed by atoms with Gasteiger partial charge in [0.2, 0.25) is 11.8 Å². The minimum absolute atomic E-state index is 0.0260. The lowest BCUT2D eigenvalue weighted by Gasteiger charge is -2.20. The molecule has 8 nitrogen and oxygen atoms in total. The van der Waals surface area contributed by atoms with Crippen LogP contribution in [0.1, 0.15) is 51.7 Å². The second-order valence-electron chi connectivity index (χ2n) is 7.61. The number of amides is 2. The van der Waals surface area contributed by atoms with E-state index < -0.39 is 0 Å². The predicted molar refractivity (Wildman–Crippen MR) is 141 cm³/mol. The lowest BCUT2D eigenvalue weighted by Crippen LogP contribution is -2.23. The Kier molecular flexibility index (Phi) is 11.3. The molecule has 0 radical (unpaired) electrons. The van der Waals surface area contributed by atoms with E-state index in [0.29, 0.717) is 0 Å². The summed E-state index contributed by atoms with van der Waals surface area (Å²) in [4.78, 5) is 28.4. The first-order valence-electron chi connectivity index (χ1n) is 11.8. The number of hydrazone groups is 2. The van der Waals surface area contributed by atoms with Crippen LogP contribution in [0, 0.1) is 0 Å². The van der Waals surface area contributed by atoms with Gasteiger partial charge in [-0.1, -0.05) is 24.3 Å². The smallest absolute Gasteiger partial charge is 0.240 e. The fourth-order valence-electron chi connectivity index (χ4n) is 3.42. The zero-order valence-electron chi connectivity index (χ0n) is 20.6. The van der Waals surface area contributed by atoms with E-state index >= 15 is 0 Å². The second kappa shape index (κ2) is 14.5. The molecule has 0 aromatic heterocycles. The summed E-state index contributed by atoms with van der Waals surface area (Å²) in [5.41, 5.74) is 8.96. The highest BCUT2D eigenvalue weighted by molar-refractivity contribution is 5.86. The second-order valence-corrected chi connectivity index (χ2v) is 7.61. The van der Waals surface area contributed by atoms with Crippen LogP contribution >= 0.6 is 0 Å². The van der Waals surface area contributed by atoms with Gasteiger partial charge in [0.1, 0.15) is 0 Å². The Morgan fingerprint density at radius 1 is 0.647 bits per heavy atom. The molecule has 8 heteroatoms. The lowest BCUT2D eigenvalue weighted by molar-refractivity contribution is -0.126. The molecule has 0 spiro atoms. The molecule has 34 heavy (non-hydrogen) atoms. The van der Waals surface area contributed by atoms with Crippen LogP contribution in [0.3, 0.4) is 0 Å². The Bertz CT molecular complexity index is 867. The van der Waals surface area contributed by atoms with Crippen molar-refractivity contribution in [1.29, 1.82) is 0 Å². The Balaban J connectivity index is 1.71. The third-order valence-corrected chi connectivity index (χ3v) is 5.43. The molecular formula is C26H36N6O2. The van der Waals surface area contributed by atoms with E-state index in [1.807, 2.05) is 48.5 Å². The van der Waals surface area contributed by atoms with E-state index in [1.165, 1.54) is 0 Å². The van der Waals surface area contributed by atoms with Crippen LogP contribution in [0.4, 0.5) is 11.4 Å². The van der Waals surface area contributed by atoms with Gasteiger partial charge in [0, 0.05) is 50.4 Å². The van der Waals surface area contributed by atoms with Gasteiger partial charge in [0.25, 0.3) is 0 Å². The quantitative estimate of drug-likeness (QED) is 0.349. The highest BCUT2D eigenvalue weighted by Crippen LogP contribution is 2.15. The Labute approximate surface area is 202 Å². The summed E-state index contributed by atoms with van der Waals surface area (Å²) in [6.45, 7) is 12.3. The zero-order valence-corrected chi connectivity index (χ0v) is 20.6. The van der Waals surface area contributed by atoms with E-state index in [2.05, 4.69) is 58.5 Å². The van der Waals surface area contributed by atoms with Crippen molar-refractivity contribution < 1.29 is 9.59 Å². The van der Waals surface area contributed by atoms with Gasteiger partial charge in [-0.2, -0.15) is 10.2 Å². The molecule has 0 saturated carbocycles. The van der Waals surface area contributed by atoms with Crippen molar-refractivity contribution in [2.24, 2.45) is 10.2 Å². The summed E-state index contributed by atoms with van der Waals surface area (Å²) in [5.74, 6) is -0.663. The Hall–Kier alpha value is -3.68. The maximum absolute atomic E-state index is 11.9. The monoisotopic (exact) mass is 464 g/mol. The number of carbonyl (C=O) groups is 2. The van der Waals surface area contributed by atoms with E-state index in [1.54, 1.807) is 12.4 Å². The highest BCUT2D eigenvalue weighted by Gasteiger charge is 2.06. The Morgan fingerprint density at radius 2 is 0.971 bits per heavy atom. The van der Waals surface area contributed by atoms with Crippen LogP contribution in [0.2, 0.25) is 0 Å². The number of nitrogens with zero attached hydrogens (tertiary/aromatic N) is 4. The van der Waals surface area contributed by atoms with Gasteiger partial charge in [0.05, 0.1) is 12.4 Å². The first kappa shape index (κ1) is 26.6. The van der Waals surface area contributed by atoms with Crippen molar-refractivity contribution in [1.82, 2.24) is 10.9 Å². The van der Waals surface area contributed by atoms with Gasteiger partial charge in [-0.15, -0.1) is 0 Å². The maximum atomic E-state index is 11.9. The number of hydrogen-bond acceptors (Lipinski definition) is 6. The molecule has 0 atom stereocenters. The van der Waals surface area contributed by atoms with Crippen molar-refractivity contribution in [3.05, 3.63) is 59.7 Å². The van der Waals surface area contributed by atoms with E-state index in [9.17, 15) is 9.59 Å². The molecule has 0 aliphatic carbocycles. The Morgan fingerprint density at radius 3 is 1.26 bits per heavy atom. The lowest BCUT2D eigenvalue weighted by atomic mass is 10.2. The normalized spacial score (nSPS) is 11.1. The summed E-state index contributed by atoms with van der Waals surface area (Å²) >= 11 is 0. The van der Waals surface area contributed by atoms with Crippen LogP contribution < -0.4 is 20.7 Å². The first-order valence-corrected chi connectivity index (χ1v) is 11.8. The van der Waals surface area contributed by atoms with Crippen molar-refractivity contribution in [2.45, 2.75) is 40.5 Å². The third kappa shape index (κ3) is 8.69. The molecule has 2 amide bonds. The van der Waals surface area contributed by atoms with Crippen molar-refractivity contribution in [3.8, 4) is 0 Å². The number of hydrogen-bond donors (Lipinski definition) is 2. The first-order chi connectivity index (χ1) is 16.5. The molecule has 0 fully saturated rings. The van der Waals surface area contributed by atoms with Gasteiger partial charge in [-0.05, 0) is 63.1 Å². The van der Waals surface area contributed by atoms with Crippen LogP contribution in [0.5, 0.6) is 0 Å². The molecule has 0 bridgehead atoms. The standard InChI is InChI=1S/C26H36N6O2/c1-5-31(6-2)23-13-9-21(10-14-23)19-27-29-25(33)17-18-26(34)30-28-20-22-11-15-24(16-12-22)32(7-3)8-4/h9-16,19-20H,5-8,17-18H2,1-4H3,(H,29,33)(H,30,34)/b27-19-,28-20-. The largest absolute Gasteiger partial charge is 0.372 e. The van der Waals surface area contributed by atoms with Gasteiger partial charge in [-0.25, -0.2) is 10.9 Å². The summed E-state index contributed by atoms with van der Waals surface area (Å²) in [5, 5.41) is 7.93. The molecule has 2 N–H and O–H groups in total. The fourth-order valence-corrected chi connectivity index (χ4v) is 3.42. The number of anilines is 2. The van der Waals surface area contributed by atoms with E-state index in [4.69, 9.17) is 0 Å². The number of rotatable bonds is 13. The van der Waals surface area contributed by atoms with Crippen LogP contribution in [0.15, 0.2) is 58.7 Å². The average Bonchev–Trinajstić information content (AvgIpc) is 2.86. The van der Waals surface area contributed by atoms with Crippen molar-refractivity contribution >= 4 is 35.6 Å². The topological polar surface area (TPSA) is 89.4 Å². The molecule has 0 aliphatic heterocycles. The summed E-state index contributed by atoms with van der Waals surface area (Å²) in [6.07, 6.45) is 3.22. The van der Waals surface area contributed by atoms with Gasteiger partial charge < -0.3 is 9.80 Å². The van der Waals surface area contributed by atoms with Crippen LogP contribution in [-0.2, 0) is 9.59 Å². The minimum Gasteiger partial charge on any atom is -0.372 e. The van der Waals surface area contributed by atoms with Crippen molar-refractivity contribution in [2.75, 3.05) is 36.0 Å². The van der Waals surface area contributed by atoms with Crippen molar-refractivity contribution in [3.63, 3.8) is 0 Å². The predicted octanol–water partition coefficient (Wildman–Crippen LogP) is 3.76. The molecule has 0 aliphatic rings.